The normalized spacial score (nSPS) is 12.5. The first-order valence-electron chi connectivity index (χ1n) is 9.82. The van der Waals surface area contributed by atoms with Crippen LogP contribution in [0.4, 0.5) is 0 Å². The van der Waals surface area contributed by atoms with Crippen LogP contribution in [0.25, 0.3) is 5.57 Å². The Morgan fingerprint density at radius 1 is 0.963 bits per heavy atom. The molecular formula is C23H32NO2Si. The monoisotopic (exact) mass is 382 g/mol. The minimum atomic E-state index is -1.50. The third-order valence-electron chi connectivity index (χ3n) is 4.58. The molecule has 4 heteroatoms. The van der Waals surface area contributed by atoms with Crippen molar-refractivity contribution < 1.29 is 8.85 Å². The molecule has 0 amide bonds. The molecule has 0 aliphatic rings. The Bertz CT molecular complexity index is 683. The molecule has 0 saturated heterocycles. The Morgan fingerprint density at radius 2 is 1.56 bits per heavy atom. The van der Waals surface area contributed by atoms with Gasteiger partial charge in [-0.15, -0.1) is 0 Å². The van der Waals surface area contributed by atoms with Crippen LogP contribution in [0.15, 0.2) is 61.2 Å². The fraction of sp³-hybridized carbons (Fsp3) is 0.391. The molecule has 0 bridgehead atoms. The van der Waals surface area contributed by atoms with E-state index in [1.54, 1.807) is 0 Å². The lowest BCUT2D eigenvalue weighted by molar-refractivity contribution is 0.119. The quantitative estimate of drug-likeness (QED) is 0.543. The van der Waals surface area contributed by atoms with Gasteiger partial charge in [-0.2, -0.15) is 0 Å². The molecule has 0 heterocycles. The highest BCUT2D eigenvalue weighted by atomic mass is 28.3. The molecule has 0 aliphatic heterocycles. The Labute approximate surface area is 166 Å². The van der Waals surface area contributed by atoms with Crippen LogP contribution in [0.2, 0.25) is 0 Å². The predicted octanol–water partition coefficient (Wildman–Crippen LogP) is 4.23. The zero-order valence-electron chi connectivity index (χ0n) is 17.1. The summed E-state index contributed by atoms with van der Waals surface area (Å²) in [4.78, 5) is 2.38. The van der Waals surface area contributed by atoms with Crippen molar-refractivity contribution in [3.8, 4) is 0 Å². The van der Waals surface area contributed by atoms with E-state index < -0.39 is 9.28 Å². The molecule has 0 aliphatic carbocycles. The number of nitrogens with zero attached hydrogens (tertiary/aromatic N) is 1. The van der Waals surface area contributed by atoms with E-state index in [1.165, 1.54) is 0 Å². The third kappa shape index (κ3) is 6.43. The van der Waals surface area contributed by atoms with Crippen LogP contribution in [-0.4, -0.2) is 46.5 Å². The van der Waals surface area contributed by atoms with E-state index in [-0.39, 0.29) is 6.10 Å². The van der Waals surface area contributed by atoms with Gasteiger partial charge in [0.2, 0.25) is 0 Å². The summed E-state index contributed by atoms with van der Waals surface area (Å²) in [5.41, 5.74) is 3.30. The van der Waals surface area contributed by atoms with Crippen molar-refractivity contribution in [2.75, 3.05) is 26.2 Å². The largest absolute Gasteiger partial charge is 0.423 e. The first kappa shape index (κ1) is 21.6. The van der Waals surface area contributed by atoms with Gasteiger partial charge in [-0.3, -0.25) is 0 Å². The third-order valence-corrected chi connectivity index (χ3v) is 6.56. The predicted molar refractivity (Wildman–Crippen MR) is 116 cm³/mol. The lowest BCUT2D eigenvalue weighted by Crippen LogP contribution is -2.43. The molecule has 3 nitrogen and oxygen atoms in total. The number of rotatable bonds is 11. The second-order valence-electron chi connectivity index (χ2n) is 6.56. The van der Waals surface area contributed by atoms with E-state index in [0.717, 1.165) is 41.5 Å². The summed E-state index contributed by atoms with van der Waals surface area (Å²) < 4.78 is 12.3. The van der Waals surface area contributed by atoms with Crippen molar-refractivity contribution in [1.29, 1.82) is 0 Å². The van der Waals surface area contributed by atoms with Gasteiger partial charge in [0, 0.05) is 13.2 Å². The Hall–Kier alpha value is -1.72. The van der Waals surface area contributed by atoms with E-state index in [2.05, 4.69) is 68.6 Å². The van der Waals surface area contributed by atoms with Gasteiger partial charge in [-0.25, -0.2) is 0 Å². The molecule has 0 N–H and O–H groups in total. The smallest absolute Gasteiger partial charge is 0.390 e. The SMILES string of the molecule is C=C(c1ccccc1)c1ccc([Si](OCC)OC(C)CN(CC)CC)cc1. The minimum Gasteiger partial charge on any atom is -0.390 e. The zero-order chi connectivity index (χ0) is 19.6. The number of likely N-dealkylation sites (N-methyl/N-ethyl adjacent to an activating group) is 1. The topological polar surface area (TPSA) is 21.7 Å². The standard InChI is InChI=1S/C23H32NO2Si/c1-6-24(7-2)18-19(4)26-27(25-8-3)23-16-14-22(15-17-23)20(5)21-12-10-9-11-13-21/h9-17,19H,5-8,18H2,1-4H3. The molecule has 1 radical (unpaired) electrons. The fourth-order valence-electron chi connectivity index (χ4n) is 3.00. The molecule has 145 valence electrons. The highest BCUT2D eigenvalue weighted by Crippen LogP contribution is 2.20. The van der Waals surface area contributed by atoms with E-state index >= 15 is 0 Å². The molecular weight excluding hydrogens is 350 g/mol. The lowest BCUT2D eigenvalue weighted by Gasteiger charge is -2.25. The summed E-state index contributed by atoms with van der Waals surface area (Å²) in [5.74, 6) is 0. The van der Waals surface area contributed by atoms with Gasteiger partial charge in [-0.05, 0) is 48.8 Å². The minimum absolute atomic E-state index is 0.143. The van der Waals surface area contributed by atoms with Gasteiger partial charge in [0.15, 0.2) is 0 Å². The number of hydrogen-bond acceptors (Lipinski definition) is 3. The van der Waals surface area contributed by atoms with Crippen molar-refractivity contribution in [2.24, 2.45) is 0 Å². The van der Waals surface area contributed by atoms with Crippen LogP contribution in [0.5, 0.6) is 0 Å². The van der Waals surface area contributed by atoms with Crippen molar-refractivity contribution in [1.82, 2.24) is 4.90 Å². The van der Waals surface area contributed by atoms with Crippen molar-refractivity contribution in [2.45, 2.75) is 33.8 Å². The first-order chi connectivity index (χ1) is 13.1. The average Bonchev–Trinajstić information content (AvgIpc) is 2.72. The van der Waals surface area contributed by atoms with Crippen LogP contribution in [0, 0.1) is 0 Å². The molecule has 0 saturated carbocycles. The van der Waals surface area contributed by atoms with Gasteiger partial charge >= 0.3 is 9.28 Å². The molecule has 2 rings (SSSR count). The van der Waals surface area contributed by atoms with Gasteiger partial charge in [0.05, 0.1) is 6.10 Å². The molecule has 2 aromatic rings. The summed E-state index contributed by atoms with van der Waals surface area (Å²) in [7, 11) is -1.50. The van der Waals surface area contributed by atoms with Gasteiger partial charge < -0.3 is 13.8 Å². The van der Waals surface area contributed by atoms with Gasteiger partial charge in [0.25, 0.3) is 0 Å². The second kappa shape index (κ2) is 11.2. The summed E-state index contributed by atoms with van der Waals surface area (Å²) in [5, 5.41) is 1.14. The molecule has 27 heavy (non-hydrogen) atoms. The van der Waals surface area contributed by atoms with Crippen molar-refractivity contribution in [3.63, 3.8) is 0 Å². The van der Waals surface area contributed by atoms with Gasteiger partial charge in [0.1, 0.15) is 0 Å². The van der Waals surface area contributed by atoms with E-state index in [9.17, 15) is 0 Å². The summed E-state index contributed by atoms with van der Waals surface area (Å²) in [6, 6.07) is 18.8. The van der Waals surface area contributed by atoms with E-state index in [4.69, 9.17) is 8.85 Å². The average molecular weight is 383 g/mol. The summed E-state index contributed by atoms with van der Waals surface area (Å²) >= 11 is 0. The highest BCUT2D eigenvalue weighted by molar-refractivity contribution is 6.61. The maximum atomic E-state index is 6.31. The second-order valence-corrected chi connectivity index (χ2v) is 8.23. The van der Waals surface area contributed by atoms with Crippen molar-refractivity contribution in [3.05, 3.63) is 72.3 Å². The molecule has 1 unspecified atom stereocenters. The van der Waals surface area contributed by atoms with E-state index in [1.807, 2.05) is 25.1 Å². The molecule has 0 aromatic heterocycles. The van der Waals surface area contributed by atoms with E-state index in [0.29, 0.717) is 6.61 Å². The first-order valence-corrected chi connectivity index (χ1v) is 11.1. The molecule has 0 fully saturated rings. The summed E-state index contributed by atoms with van der Waals surface area (Å²) in [6.45, 7) is 16.4. The van der Waals surface area contributed by atoms with Crippen LogP contribution >= 0.6 is 0 Å². The highest BCUT2D eigenvalue weighted by Gasteiger charge is 2.22. The molecule has 0 spiro atoms. The summed E-state index contributed by atoms with van der Waals surface area (Å²) in [6.07, 6.45) is 0.143. The number of hydrogen-bond donors (Lipinski definition) is 0. The van der Waals surface area contributed by atoms with Crippen LogP contribution in [0.3, 0.4) is 0 Å². The Morgan fingerprint density at radius 3 is 2.11 bits per heavy atom. The maximum Gasteiger partial charge on any atom is 0.423 e. The Kier molecular flexibility index (Phi) is 8.95. The zero-order valence-corrected chi connectivity index (χ0v) is 18.1. The van der Waals surface area contributed by atoms with Crippen LogP contribution in [0.1, 0.15) is 38.8 Å². The van der Waals surface area contributed by atoms with Crippen LogP contribution in [-0.2, 0) is 8.85 Å². The maximum absolute atomic E-state index is 6.31. The Balaban J connectivity index is 2.07. The van der Waals surface area contributed by atoms with Gasteiger partial charge in [-0.1, -0.05) is 75.0 Å². The molecule has 1 atom stereocenters. The fourth-order valence-corrected chi connectivity index (χ4v) is 4.51. The lowest BCUT2D eigenvalue weighted by atomic mass is 10.00. The number of benzene rings is 2. The van der Waals surface area contributed by atoms with Crippen molar-refractivity contribution >= 4 is 20.0 Å². The molecule has 2 aromatic carbocycles. The van der Waals surface area contributed by atoms with Crippen LogP contribution < -0.4 is 5.19 Å².